The van der Waals surface area contributed by atoms with Gasteiger partial charge in [0.05, 0.1) is 21.2 Å². The summed E-state index contributed by atoms with van der Waals surface area (Å²) in [6, 6.07) is 13.5. The van der Waals surface area contributed by atoms with Crippen LogP contribution >= 0.6 is 11.6 Å². The number of benzene rings is 3. The molecular formula is C30H30ClF4N3O4S. The summed E-state index contributed by atoms with van der Waals surface area (Å²) in [5.41, 5.74) is -1.27. The molecule has 230 valence electrons. The third-order valence-electron chi connectivity index (χ3n) is 7.29. The van der Waals surface area contributed by atoms with Crippen LogP contribution in [0.2, 0.25) is 5.02 Å². The first-order chi connectivity index (χ1) is 20.3. The first kappa shape index (κ1) is 32.3. The van der Waals surface area contributed by atoms with Crippen LogP contribution in [0.4, 0.5) is 23.2 Å². The van der Waals surface area contributed by atoms with Crippen LogP contribution in [-0.2, 0) is 32.3 Å². The molecule has 0 bridgehead atoms. The van der Waals surface area contributed by atoms with Crippen molar-refractivity contribution >= 4 is 39.1 Å². The number of hydrogen-bond acceptors (Lipinski definition) is 4. The van der Waals surface area contributed by atoms with Crippen molar-refractivity contribution < 1.29 is 35.6 Å². The highest BCUT2D eigenvalue weighted by atomic mass is 35.5. The SMILES string of the molecule is C[C@H](C(=O)NC1CCCC1)N(Cc1ccc(F)cc1)C(=O)CN(c1ccc(Cl)c(C(F)(F)F)c1)S(=O)(=O)c1ccccc1. The highest BCUT2D eigenvalue weighted by Gasteiger charge is 2.37. The normalized spacial score (nSPS) is 14.7. The number of rotatable bonds is 10. The van der Waals surface area contributed by atoms with Crippen LogP contribution in [-0.4, -0.2) is 43.8 Å². The van der Waals surface area contributed by atoms with Gasteiger partial charge in [-0.25, -0.2) is 12.8 Å². The molecule has 0 heterocycles. The molecule has 1 atom stereocenters. The minimum Gasteiger partial charge on any atom is -0.352 e. The van der Waals surface area contributed by atoms with Crippen LogP contribution in [0.3, 0.4) is 0 Å². The van der Waals surface area contributed by atoms with Crippen LogP contribution in [0, 0.1) is 5.82 Å². The number of alkyl halides is 3. The first-order valence-electron chi connectivity index (χ1n) is 13.6. The second-order valence-corrected chi connectivity index (χ2v) is 12.6. The summed E-state index contributed by atoms with van der Waals surface area (Å²) in [6.45, 7) is 0.357. The lowest BCUT2D eigenvalue weighted by molar-refractivity contribution is -0.139. The van der Waals surface area contributed by atoms with Crippen LogP contribution in [0.15, 0.2) is 77.7 Å². The van der Waals surface area contributed by atoms with E-state index in [4.69, 9.17) is 11.6 Å². The van der Waals surface area contributed by atoms with E-state index >= 15 is 0 Å². The van der Waals surface area contributed by atoms with Crippen molar-refractivity contribution in [2.45, 2.75) is 62.3 Å². The van der Waals surface area contributed by atoms with E-state index < -0.39 is 62.7 Å². The van der Waals surface area contributed by atoms with Gasteiger partial charge in [0, 0.05) is 12.6 Å². The van der Waals surface area contributed by atoms with Crippen LogP contribution in [0.5, 0.6) is 0 Å². The van der Waals surface area contributed by atoms with Crippen molar-refractivity contribution in [2.24, 2.45) is 0 Å². The summed E-state index contributed by atoms with van der Waals surface area (Å²) in [7, 11) is -4.58. The highest BCUT2D eigenvalue weighted by Crippen LogP contribution is 2.38. The minimum atomic E-state index is -4.90. The molecule has 43 heavy (non-hydrogen) atoms. The lowest BCUT2D eigenvalue weighted by Gasteiger charge is -2.32. The molecule has 2 amide bonds. The lowest BCUT2D eigenvalue weighted by Crippen LogP contribution is -2.52. The Hall–Kier alpha value is -3.64. The molecule has 3 aromatic rings. The standard InChI is InChI=1S/C30H30ClF4N3O4S/c1-20(29(40)36-23-7-5-6-8-23)37(18-21-11-13-22(32)14-12-21)28(39)19-38(43(41,42)25-9-3-2-4-10-25)24-15-16-27(31)26(17-24)30(33,34)35/h2-4,9-17,20,23H,5-8,18-19H2,1H3,(H,36,40)/t20-/m1/s1. The quantitative estimate of drug-likeness (QED) is 0.269. The summed E-state index contributed by atoms with van der Waals surface area (Å²) in [5.74, 6) is -1.84. The predicted octanol–water partition coefficient (Wildman–Crippen LogP) is 6.17. The van der Waals surface area contributed by atoms with E-state index in [9.17, 15) is 35.6 Å². The van der Waals surface area contributed by atoms with Crippen molar-refractivity contribution in [3.63, 3.8) is 0 Å². The predicted molar refractivity (Wildman–Crippen MR) is 154 cm³/mol. The number of sulfonamides is 1. The Kier molecular flexibility index (Phi) is 10.0. The summed E-state index contributed by atoms with van der Waals surface area (Å²) in [4.78, 5) is 28.0. The molecule has 1 aliphatic rings. The van der Waals surface area contributed by atoms with Gasteiger partial charge < -0.3 is 10.2 Å². The number of anilines is 1. The number of hydrogen-bond donors (Lipinski definition) is 1. The van der Waals surface area contributed by atoms with Crippen molar-refractivity contribution in [1.29, 1.82) is 0 Å². The number of halogens is 5. The van der Waals surface area contributed by atoms with Gasteiger partial charge >= 0.3 is 6.18 Å². The number of carbonyl (C=O) groups excluding carboxylic acids is 2. The van der Waals surface area contributed by atoms with Crippen LogP contribution in [0.25, 0.3) is 0 Å². The van der Waals surface area contributed by atoms with Gasteiger partial charge in [-0.3, -0.25) is 13.9 Å². The molecule has 13 heteroatoms. The average molecular weight is 640 g/mol. The number of carbonyl (C=O) groups is 2. The summed E-state index contributed by atoms with van der Waals surface area (Å²) in [6.07, 6.45) is -1.44. The molecule has 4 rings (SSSR count). The van der Waals surface area contributed by atoms with E-state index in [1.54, 1.807) is 6.07 Å². The van der Waals surface area contributed by atoms with E-state index in [1.807, 2.05) is 0 Å². The summed E-state index contributed by atoms with van der Waals surface area (Å²) < 4.78 is 82.9. The molecule has 3 aromatic carbocycles. The van der Waals surface area contributed by atoms with Gasteiger partial charge in [0.1, 0.15) is 18.4 Å². The molecule has 7 nitrogen and oxygen atoms in total. The fourth-order valence-electron chi connectivity index (χ4n) is 4.90. The Balaban J connectivity index is 1.74. The number of amides is 2. The smallest absolute Gasteiger partial charge is 0.352 e. The van der Waals surface area contributed by atoms with Gasteiger partial charge in [0.25, 0.3) is 10.0 Å². The lowest BCUT2D eigenvalue weighted by atomic mass is 10.1. The second kappa shape index (κ2) is 13.3. The van der Waals surface area contributed by atoms with Gasteiger partial charge in [-0.15, -0.1) is 0 Å². The molecule has 0 spiro atoms. The highest BCUT2D eigenvalue weighted by molar-refractivity contribution is 7.92. The van der Waals surface area contributed by atoms with E-state index in [2.05, 4.69) is 5.32 Å². The molecule has 1 aliphatic carbocycles. The van der Waals surface area contributed by atoms with Crippen molar-refractivity contribution in [3.8, 4) is 0 Å². The second-order valence-electron chi connectivity index (χ2n) is 10.3. The van der Waals surface area contributed by atoms with Crippen LogP contribution in [0.1, 0.15) is 43.7 Å². The topological polar surface area (TPSA) is 86.8 Å². The first-order valence-corrected chi connectivity index (χ1v) is 15.4. The van der Waals surface area contributed by atoms with Gasteiger partial charge in [-0.2, -0.15) is 13.2 Å². The maximum Gasteiger partial charge on any atom is 0.417 e. The summed E-state index contributed by atoms with van der Waals surface area (Å²) in [5, 5.41) is 2.27. The van der Waals surface area contributed by atoms with Crippen molar-refractivity contribution in [2.75, 3.05) is 10.8 Å². The summed E-state index contributed by atoms with van der Waals surface area (Å²) >= 11 is 5.79. The number of nitrogens with zero attached hydrogens (tertiary/aromatic N) is 2. The van der Waals surface area contributed by atoms with Gasteiger partial charge in [-0.05, 0) is 67.8 Å². The van der Waals surface area contributed by atoms with Crippen LogP contribution < -0.4 is 9.62 Å². The van der Waals surface area contributed by atoms with Crippen molar-refractivity contribution in [1.82, 2.24) is 10.2 Å². The molecule has 1 saturated carbocycles. The molecule has 0 unspecified atom stereocenters. The fourth-order valence-corrected chi connectivity index (χ4v) is 6.55. The Labute approximate surface area is 252 Å². The van der Waals surface area contributed by atoms with Gasteiger partial charge in [-0.1, -0.05) is 54.8 Å². The zero-order valence-electron chi connectivity index (χ0n) is 23.2. The zero-order valence-corrected chi connectivity index (χ0v) is 24.7. The zero-order chi connectivity index (χ0) is 31.4. The largest absolute Gasteiger partial charge is 0.417 e. The Morgan fingerprint density at radius 1 is 1.00 bits per heavy atom. The minimum absolute atomic E-state index is 0.0671. The Bertz CT molecular complexity index is 1550. The monoisotopic (exact) mass is 639 g/mol. The molecule has 0 radical (unpaired) electrons. The maximum atomic E-state index is 13.9. The molecule has 0 saturated heterocycles. The van der Waals surface area contributed by atoms with E-state index in [0.29, 0.717) is 15.9 Å². The molecule has 1 fully saturated rings. The van der Waals surface area contributed by atoms with Crippen molar-refractivity contribution in [3.05, 3.63) is 94.8 Å². The fraction of sp³-hybridized carbons (Fsp3) is 0.333. The Morgan fingerprint density at radius 3 is 2.23 bits per heavy atom. The Morgan fingerprint density at radius 2 is 1.63 bits per heavy atom. The molecular weight excluding hydrogens is 610 g/mol. The average Bonchev–Trinajstić information content (AvgIpc) is 3.48. The maximum absolute atomic E-state index is 13.9. The molecule has 1 N–H and O–H groups in total. The third-order valence-corrected chi connectivity index (χ3v) is 9.41. The van der Waals surface area contributed by atoms with E-state index in [0.717, 1.165) is 42.7 Å². The van der Waals surface area contributed by atoms with E-state index in [1.165, 1.54) is 55.5 Å². The van der Waals surface area contributed by atoms with Gasteiger partial charge in [0.2, 0.25) is 11.8 Å². The van der Waals surface area contributed by atoms with Gasteiger partial charge in [0.15, 0.2) is 0 Å². The molecule has 0 aromatic heterocycles. The molecule has 0 aliphatic heterocycles. The third kappa shape index (κ3) is 7.85. The van der Waals surface area contributed by atoms with E-state index in [-0.39, 0.29) is 17.5 Å². The number of nitrogens with one attached hydrogen (secondary N) is 1.